The molecule has 162 valence electrons. The van der Waals surface area contributed by atoms with Gasteiger partial charge in [0.1, 0.15) is 17.6 Å². The summed E-state index contributed by atoms with van der Waals surface area (Å²) < 4.78 is 13.1. The normalized spacial score (nSPS) is 20.9. The molecule has 2 amide bonds. The smallest absolute Gasteiger partial charge is 0.318 e. The Hall–Kier alpha value is -2.58. The van der Waals surface area contributed by atoms with Crippen molar-refractivity contribution in [1.82, 2.24) is 24.7 Å². The maximum Gasteiger partial charge on any atom is 0.318 e. The summed E-state index contributed by atoms with van der Waals surface area (Å²) in [5.41, 5.74) is 0.939. The molecule has 8 heteroatoms. The van der Waals surface area contributed by atoms with E-state index in [1.165, 1.54) is 0 Å². The van der Waals surface area contributed by atoms with E-state index in [0.29, 0.717) is 19.2 Å². The Morgan fingerprint density at radius 1 is 1.33 bits per heavy atom. The summed E-state index contributed by atoms with van der Waals surface area (Å²) in [5.74, 6) is 1.54. The summed E-state index contributed by atoms with van der Waals surface area (Å²) in [6.45, 7) is 5.02. The van der Waals surface area contributed by atoms with Gasteiger partial charge in [-0.05, 0) is 30.5 Å². The van der Waals surface area contributed by atoms with Crippen LogP contribution in [-0.4, -0.2) is 77.9 Å². The molecule has 30 heavy (non-hydrogen) atoms. The maximum absolute atomic E-state index is 13.1. The molecule has 0 aliphatic carbocycles. The van der Waals surface area contributed by atoms with E-state index in [9.17, 15) is 4.79 Å². The number of hydrogen-bond acceptors (Lipinski definition) is 5. The molecule has 1 aromatic carbocycles. The monoisotopic (exact) mass is 413 g/mol. The number of amides is 2. The van der Waals surface area contributed by atoms with Gasteiger partial charge < -0.3 is 24.3 Å². The minimum Gasteiger partial charge on any atom is -0.497 e. The van der Waals surface area contributed by atoms with Crippen LogP contribution in [0.2, 0.25) is 0 Å². The van der Waals surface area contributed by atoms with E-state index in [4.69, 9.17) is 9.47 Å². The molecule has 1 N–H and O–H groups in total. The fourth-order valence-corrected chi connectivity index (χ4v) is 4.20. The number of carbonyl (C=O) groups excluding carboxylic acids is 1. The number of nitrogens with one attached hydrogen (secondary N) is 1. The second kappa shape index (κ2) is 9.49. The van der Waals surface area contributed by atoms with E-state index >= 15 is 0 Å². The highest BCUT2D eigenvalue weighted by Gasteiger charge is 2.28. The van der Waals surface area contributed by atoms with Crippen molar-refractivity contribution in [3.63, 3.8) is 0 Å². The Morgan fingerprint density at radius 2 is 2.17 bits per heavy atom. The van der Waals surface area contributed by atoms with Crippen molar-refractivity contribution in [3.8, 4) is 5.75 Å². The number of aryl methyl sites for hydroxylation is 1. The fourth-order valence-electron chi connectivity index (χ4n) is 4.20. The fraction of sp³-hybridized carbons (Fsp3) is 0.545. The quantitative estimate of drug-likeness (QED) is 0.785. The Labute approximate surface area is 177 Å². The molecule has 0 spiro atoms. The third-order valence-electron chi connectivity index (χ3n) is 5.96. The molecule has 1 aromatic heterocycles. The largest absolute Gasteiger partial charge is 0.497 e. The zero-order valence-electron chi connectivity index (χ0n) is 17.8. The average molecular weight is 414 g/mol. The van der Waals surface area contributed by atoms with Crippen molar-refractivity contribution in [2.24, 2.45) is 7.05 Å². The molecule has 4 rings (SSSR count). The molecule has 0 radical (unpaired) electrons. The van der Waals surface area contributed by atoms with E-state index in [-0.39, 0.29) is 12.1 Å². The number of aromatic nitrogens is 2. The van der Waals surface area contributed by atoms with Crippen molar-refractivity contribution in [2.75, 3.05) is 46.4 Å². The van der Waals surface area contributed by atoms with Crippen LogP contribution in [0.3, 0.4) is 0 Å². The third-order valence-corrected chi connectivity index (χ3v) is 5.96. The number of rotatable bonds is 6. The topological polar surface area (TPSA) is 71.9 Å². The Bertz CT molecular complexity index is 841. The lowest BCUT2D eigenvalue weighted by atomic mass is 10.1. The van der Waals surface area contributed by atoms with Crippen molar-refractivity contribution in [2.45, 2.75) is 25.0 Å². The van der Waals surface area contributed by atoms with Crippen LogP contribution in [0.15, 0.2) is 36.7 Å². The number of hydrogen-bond donors (Lipinski definition) is 1. The van der Waals surface area contributed by atoms with Crippen molar-refractivity contribution >= 4 is 6.03 Å². The zero-order valence-corrected chi connectivity index (χ0v) is 17.8. The van der Waals surface area contributed by atoms with Gasteiger partial charge in [0.2, 0.25) is 0 Å². The predicted molar refractivity (Wildman–Crippen MR) is 114 cm³/mol. The van der Waals surface area contributed by atoms with E-state index in [0.717, 1.165) is 56.2 Å². The Kier molecular flexibility index (Phi) is 6.54. The number of urea groups is 1. The molecule has 2 aliphatic heterocycles. The van der Waals surface area contributed by atoms with Crippen LogP contribution >= 0.6 is 0 Å². The zero-order chi connectivity index (χ0) is 20.9. The first-order chi connectivity index (χ1) is 14.6. The standard InChI is InChI=1S/C22H31N5O3/c1-25-9-8-23-21(25)20(17-5-3-6-18(15-17)29-2)24-22(28)27-12-10-26(11-13-27)16-19-7-4-14-30-19/h3,5-6,8-9,15,19-20H,4,7,10-14,16H2,1-2H3,(H,24,28)/t19-,20+/m1/s1. The second-order valence-electron chi connectivity index (χ2n) is 7.98. The van der Waals surface area contributed by atoms with E-state index < -0.39 is 0 Å². The van der Waals surface area contributed by atoms with Gasteiger partial charge in [0.25, 0.3) is 0 Å². The van der Waals surface area contributed by atoms with Crippen LogP contribution in [0.5, 0.6) is 5.75 Å². The molecular weight excluding hydrogens is 382 g/mol. The van der Waals surface area contributed by atoms with Crippen molar-refractivity contribution in [3.05, 3.63) is 48.0 Å². The lowest BCUT2D eigenvalue weighted by Gasteiger charge is -2.36. The highest BCUT2D eigenvalue weighted by molar-refractivity contribution is 5.75. The first kappa shape index (κ1) is 20.7. The van der Waals surface area contributed by atoms with Gasteiger partial charge in [-0.25, -0.2) is 9.78 Å². The van der Waals surface area contributed by atoms with Crippen LogP contribution in [0.25, 0.3) is 0 Å². The maximum atomic E-state index is 13.1. The van der Waals surface area contributed by atoms with Crippen molar-refractivity contribution in [1.29, 1.82) is 0 Å². The summed E-state index contributed by atoms with van der Waals surface area (Å²) in [7, 11) is 3.58. The van der Waals surface area contributed by atoms with Gasteiger partial charge in [-0.1, -0.05) is 12.1 Å². The molecule has 2 saturated heterocycles. The Morgan fingerprint density at radius 3 is 2.83 bits per heavy atom. The van der Waals surface area contributed by atoms with Gasteiger partial charge in [-0.2, -0.15) is 0 Å². The van der Waals surface area contributed by atoms with Crippen LogP contribution in [-0.2, 0) is 11.8 Å². The minimum absolute atomic E-state index is 0.0670. The third kappa shape index (κ3) is 4.76. The number of methoxy groups -OCH3 is 1. The van der Waals surface area contributed by atoms with Gasteiger partial charge in [-0.15, -0.1) is 0 Å². The van der Waals surface area contributed by atoms with E-state index in [1.807, 2.05) is 47.0 Å². The molecular formula is C22H31N5O3. The minimum atomic E-state index is -0.350. The SMILES string of the molecule is COc1cccc([C@H](NC(=O)N2CCN(C[C@H]3CCCO3)CC2)c2nccn2C)c1. The van der Waals surface area contributed by atoms with Gasteiger partial charge in [0.15, 0.2) is 0 Å². The molecule has 2 atom stereocenters. The molecule has 2 fully saturated rings. The molecule has 2 aliphatic rings. The molecule has 2 aromatic rings. The number of ether oxygens (including phenoxy) is 2. The Balaban J connectivity index is 1.41. The summed E-state index contributed by atoms with van der Waals surface area (Å²) in [6, 6.07) is 7.34. The number of carbonyl (C=O) groups is 1. The predicted octanol–water partition coefficient (Wildman–Crippen LogP) is 2.02. The van der Waals surface area contributed by atoms with Gasteiger partial charge in [0, 0.05) is 58.8 Å². The number of piperazine rings is 1. The highest BCUT2D eigenvalue weighted by Crippen LogP contribution is 2.24. The first-order valence-electron chi connectivity index (χ1n) is 10.6. The van der Waals surface area contributed by atoms with E-state index in [2.05, 4.69) is 15.2 Å². The van der Waals surface area contributed by atoms with Gasteiger partial charge >= 0.3 is 6.03 Å². The van der Waals surface area contributed by atoms with E-state index in [1.54, 1.807) is 13.3 Å². The van der Waals surface area contributed by atoms with Gasteiger partial charge in [0.05, 0.1) is 13.2 Å². The number of nitrogens with zero attached hydrogens (tertiary/aromatic N) is 4. The molecule has 8 nitrogen and oxygen atoms in total. The molecule has 0 bridgehead atoms. The van der Waals surface area contributed by atoms with Crippen LogP contribution < -0.4 is 10.1 Å². The van der Waals surface area contributed by atoms with Crippen LogP contribution in [0.4, 0.5) is 4.79 Å². The summed E-state index contributed by atoms with van der Waals surface area (Å²) in [4.78, 5) is 21.9. The summed E-state index contributed by atoms with van der Waals surface area (Å²) in [5, 5.41) is 3.19. The lowest BCUT2D eigenvalue weighted by Crippen LogP contribution is -2.53. The van der Waals surface area contributed by atoms with Crippen molar-refractivity contribution < 1.29 is 14.3 Å². The number of benzene rings is 1. The second-order valence-corrected chi connectivity index (χ2v) is 7.98. The summed E-state index contributed by atoms with van der Waals surface area (Å²) in [6.07, 6.45) is 6.29. The molecule has 0 unspecified atom stereocenters. The molecule has 0 saturated carbocycles. The van der Waals surface area contributed by atoms with Crippen LogP contribution in [0, 0.1) is 0 Å². The number of imidazole rings is 1. The summed E-state index contributed by atoms with van der Waals surface area (Å²) >= 11 is 0. The van der Waals surface area contributed by atoms with Gasteiger partial charge in [-0.3, -0.25) is 4.90 Å². The highest BCUT2D eigenvalue weighted by atomic mass is 16.5. The molecule has 3 heterocycles. The lowest BCUT2D eigenvalue weighted by molar-refractivity contribution is 0.0559. The average Bonchev–Trinajstić information content (AvgIpc) is 3.44. The first-order valence-corrected chi connectivity index (χ1v) is 10.6. The van der Waals surface area contributed by atoms with Crippen LogP contribution in [0.1, 0.15) is 30.3 Å².